The summed E-state index contributed by atoms with van der Waals surface area (Å²) in [7, 11) is -0.751. The molecule has 6 nitrogen and oxygen atoms in total. The molecule has 1 unspecified atom stereocenters. The molecule has 19 heavy (non-hydrogen) atoms. The highest BCUT2D eigenvalue weighted by Gasteiger charge is 2.39. The average Bonchev–Trinajstić information content (AvgIpc) is 2.73. The first kappa shape index (κ1) is 13.9. The maximum absolute atomic E-state index is 11.1. The monoisotopic (exact) mass is 265 g/mol. The Balaban J connectivity index is 2.25. The molecule has 0 spiro atoms. The molecule has 1 atom stereocenters. The van der Waals surface area contributed by atoms with Crippen LogP contribution in [0, 0.1) is 0 Å². The fourth-order valence-electron chi connectivity index (χ4n) is 2.02. The first-order valence-corrected chi connectivity index (χ1v) is 6.06. The maximum Gasteiger partial charge on any atom is 0.565 e. The molecular formula is C12H16BNO5. The first-order valence-electron chi connectivity index (χ1n) is 6.06. The predicted octanol–water partition coefficient (Wildman–Crippen LogP) is -0.654. The summed E-state index contributed by atoms with van der Waals surface area (Å²) in [6.07, 6.45) is -0.286. The highest BCUT2D eigenvalue weighted by atomic mass is 16.6. The smallest absolute Gasteiger partial charge is 0.506 e. The molecule has 1 aromatic carbocycles. The van der Waals surface area contributed by atoms with Crippen molar-refractivity contribution in [1.82, 2.24) is 0 Å². The Hall–Kier alpha value is -1.57. The average molecular weight is 265 g/mol. The van der Waals surface area contributed by atoms with Crippen LogP contribution in [0.2, 0.25) is 0 Å². The third-order valence-electron chi connectivity index (χ3n) is 2.79. The molecule has 7 heteroatoms. The van der Waals surface area contributed by atoms with E-state index in [1.54, 1.807) is 12.1 Å². The SMILES string of the molecule is CC(=O)OB1OC(CN)c2ccc(OCCO)cc21. The number of benzene rings is 1. The van der Waals surface area contributed by atoms with Gasteiger partial charge >= 0.3 is 7.12 Å². The number of rotatable bonds is 5. The van der Waals surface area contributed by atoms with Crippen LogP contribution in [-0.2, 0) is 14.1 Å². The van der Waals surface area contributed by atoms with Crippen LogP contribution in [0.25, 0.3) is 0 Å². The zero-order valence-corrected chi connectivity index (χ0v) is 10.7. The van der Waals surface area contributed by atoms with Gasteiger partial charge in [0.2, 0.25) is 0 Å². The van der Waals surface area contributed by atoms with Crippen LogP contribution in [0.4, 0.5) is 0 Å². The number of hydrogen-bond donors (Lipinski definition) is 2. The molecule has 0 bridgehead atoms. The molecule has 0 radical (unpaired) electrons. The van der Waals surface area contributed by atoms with Gasteiger partial charge in [0.25, 0.3) is 5.97 Å². The van der Waals surface area contributed by atoms with Gasteiger partial charge in [-0.15, -0.1) is 0 Å². The van der Waals surface area contributed by atoms with Crippen molar-refractivity contribution < 1.29 is 23.9 Å². The molecular weight excluding hydrogens is 249 g/mol. The lowest BCUT2D eigenvalue weighted by Crippen LogP contribution is -2.34. The van der Waals surface area contributed by atoms with Crippen molar-refractivity contribution in [3.05, 3.63) is 23.8 Å². The van der Waals surface area contributed by atoms with Crippen molar-refractivity contribution in [3.63, 3.8) is 0 Å². The van der Waals surface area contributed by atoms with Crippen LogP contribution in [0.1, 0.15) is 18.6 Å². The normalized spacial score (nSPS) is 17.2. The van der Waals surface area contributed by atoms with E-state index in [0.29, 0.717) is 12.3 Å². The van der Waals surface area contributed by atoms with Gasteiger partial charge in [0.05, 0.1) is 12.7 Å². The lowest BCUT2D eigenvalue weighted by molar-refractivity contribution is -0.133. The van der Waals surface area contributed by atoms with Gasteiger partial charge in [-0.25, -0.2) is 0 Å². The second kappa shape index (κ2) is 6.05. The van der Waals surface area contributed by atoms with E-state index >= 15 is 0 Å². The molecule has 1 aliphatic heterocycles. The topological polar surface area (TPSA) is 91.0 Å². The number of aliphatic hydroxyl groups is 1. The fraction of sp³-hybridized carbons (Fsp3) is 0.417. The van der Waals surface area contributed by atoms with E-state index in [9.17, 15) is 4.79 Å². The maximum atomic E-state index is 11.1. The molecule has 2 rings (SSSR count). The summed E-state index contributed by atoms with van der Waals surface area (Å²) in [4.78, 5) is 11.1. The zero-order chi connectivity index (χ0) is 13.8. The highest BCUT2D eigenvalue weighted by molar-refractivity contribution is 6.64. The second-order valence-electron chi connectivity index (χ2n) is 4.16. The van der Waals surface area contributed by atoms with Crippen molar-refractivity contribution in [2.45, 2.75) is 13.0 Å². The van der Waals surface area contributed by atoms with Crippen molar-refractivity contribution in [1.29, 1.82) is 0 Å². The van der Waals surface area contributed by atoms with Crippen LogP contribution in [-0.4, -0.2) is 38.0 Å². The lowest BCUT2D eigenvalue weighted by Gasteiger charge is -2.09. The van der Waals surface area contributed by atoms with Crippen LogP contribution in [0.15, 0.2) is 18.2 Å². The summed E-state index contributed by atoms with van der Waals surface area (Å²) in [5, 5.41) is 8.74. The largest absolute Gasteiger partial charge is 0.565 e. The van der Waals surface area contributed by atoms with Crippen LogP contribution in [0.3, 0.4) is 0 Å². The standard InChI is InChI=1S/C12H16BNO5/c1-8(16)18-13-11-6-9(17-5-4-15)2-3-10(11)12(7-14)19-13/h2-3,6,12,15H,4-5,7,14H2,1H3. The van der Waals surface area contributed by atoms with Gasteiger partial charge in [-0.2, -0.15) is 0 Å². The molecule has 3 N–H and O–H groups in total. The van der Waals surface area contributed by atoms with Gasteiger partial charge in [-0.05, 0) is 17.7 Å². The third-order valence-corrected chi connectivity index (χ3v) is 2.79. The minimum absolute atomic E-state index is 0.0631. The van der Waals surface area contributed by atoms with Gasteiger partial charge in [-0.1, -0.05) is 6.07 Å². The van der Waals surface area contributed by atoms with Gasteiger partial charge < -0.3 is 24.9 Å². The number of fused-ring (bicyclic) bond motifs is 1. The molecule has 0 amide bonds. The molecule has 1 aliphatic rings. The van der Waals surface area contributed by atoms with E-state index in [1.165, 1.54) is 6.92 Å². The Morgan fingerprint density at radius 3 is 3.00 bits per heavy atom. The summed E-state index contributed by atoms with van der Waals surface area (Å²) < 4.78 is 16.0. The molecule has 0 saturated carbocycles. The van der Waals surface area contributed by atoms with Gasteiger partial charge in [0, 0.05) is 18.9 Å². The van der Waals surface area contributed by atoms with E-state index in [4.69, 9.17) is 24.9 Å². The number of ether oxygens (including phenoxy) is 1. The van der Waals surface area contributed by atoms with Crippen LogP contribution >= 0.6 is 0 Å². The molecule has 0 aliphatic carbocycles. The number of carbonyl (C=O) groups excluding carboxylic acids is 1. The minimum Gasteiger partial charge on any atom is -0.506 e. The summed E-state index contributed by atoms with van der Waals surface area (Å²) in [5.74, 6) is 0.168. The number of aliphatic hydroxyl groups excluding tert-OH is 1. The van der Waals surface area contributed by atoms with Crippen molar-refractivity contribution in [2.75, 3.05) is 19.8 Å². The molecule has 0 saturated heterocycles. The molecule has 102 valence electrons. The number of nitrogens with two attached hydrogens (primary N) is 1. The Labute approximate surface area is 111 Å². The molecule has 0 aromatic heterocycles. The fourth-order valence-corrected chi connectivity index (χ4v) is 2.02. The van der Waals surface area contributed by atoms with E-state index in [-0.39, 0.29) is 19.3 Å². The van der Waals surface area contributed by atoms with E-state index in [0.717, 1.165) is 11.0 Å². The van der Waals surface area contributed by atoms with Crippen molar-refractivity contribution >= 4 is 18.6 Å². The Morgan fingerprint density at radius 1 is 1.58 bits per heavy atom. The quantitative estimate of drug-likeness (QED) is 0.687. The van der Waals surface area contributed by atoms with E-state index in [2.05, 4.69) is 0 Å². The predicted molar refractivity (Wildman–Crippen MR) is 69.1 cm³/mol. The Bertz CT molecular complexity index is 467. The van der Waals surface area contributed by atoms with Crippen molar-refractivity contribution in [3.8, 4) is 5.75 Å². The zero-order valence-electron chi connectivity index (χ0n) is 10.7. The van der Waals surface area contributed by atoms with Gasteiger partial charge in [0.15, 0.2) is 0 Å². The summed E-state index contributed by atoms with van der Waals surface area (Å²) in [5.41, 5.74) is 7.26. The van der Waals surface area contributed by atoms with Gasteiger partial charge in [0.1, 0.15) is 12.4 Å². The minimum atomic E-state index is -0.751. The summed E-state index contributed by atoms with van der Waals surface area (Å²) >= 11 is 0. The Morgan fingerprint density at radius 2 is 2.37 bits per heavy atom. The molecule has 1 aromatic rings. The lowest BCUT2D eigenvalue weighted by atomic mass is 9.78. The Kier molecular flexibility index (Phi) is 4.41. The second-order valence-corrected chi connectivity index (χ2v) is 4.16. The summed E-state index contributed by atoms with van der Waals surface area (Å²) in [6, 6.07) is 5.36. The summed E-state index contributed by atoms with van der Waals surface area (Å²) in [6.45, 7) is 1.77. The molecule has 0 fully saturated rings. The number of carbonyl (C=O) groups is 1. The highest BCUT2D eigenvalue weighted by Crippen LogP contribution is 2.26. The van der Waals surface area contributed by atoms with Crippen LogP contribution < -0.4 is 15.9 Å². The first-order chi connectivity index (χ1) is 9.15. The van der Waals surface area contributed by atoms with Crippen molar-refractivity contribution in [2.24, 2.45) is 5.73 Å². The third kappa shape index (κ3) is 3.06. The van der Waals surface area contributed by atoms with Crippen LogP contribution in [0.5, 0.6) is 5.75 Å². The molecule has 1 heterocycles. The van der Waals surface area contributed by atoms with E-state index in [1.807, 2.05) is 6.07 Å². The number of hydrogen-bond acceptors (Lipinski definition) is 6. The van der Waals surface area contributed by atoms with Gasteiger partial charge in [-0.3, -0.25) is 4.79 Å². The van der Waals surface area contributed by atoms with E-state index < -0.39 is 13.1 Å².